The van der Waals surface area contributed by atoms with Crippen molar-refractivity contribution < 1.29 is 24.1 Å². The first-order valence-corrected chi connectivity index (χ1v) is 9.37. The SMILES string of the molecule is COc1cc(C(C)NC(=O)N(C)CCC2(O)CCCC2)cc(OC)c1OC. The lowest BCUT2D eigenvalue weighted by molar-refractivity contribution is 0.0330. The number of hydrogen-bond acceptors (Lipinski definition) is 5. The molecule has 0 radical (unpaired) electrons. The van der Waals surface area contributed by atoms with Crippen LogP contribution in [0.25, 0.3) is 0 Å². The first-order valence-electron chi connectivity index (χ1n) is 9.37. The lowest BCUT2D eigenvalue weighted by atomic mass is 9.98. The predicted molar refractivity (Wildman–Crippen MR) is 104 cm³/mol. The fourth-order valence-corrected chi connectivity index (χ4v) is 3.49. The van der Waals surface area contributed by atoms with Gasteiger partial charge in [0.05, 0.1) is 33.0 Å². The molecule has 0 aliphatic heterocycles. The minimum Gasteiger partial charge on any atom is -0.493 e. The minimum absolute atomic E-state index is 0.183. The molecule has 7 heteroatoms. The van der Waals surface area contributed by atoms with Crippen molar-refractivity contribution in [3.05, 3.63) is 17.7 Å². The van der Waals surface area contributed by atoms with Crippen molar-refractivity contribution in [3.8, 4) is 17.2 Å². The Morgan fingerprint density at radius 2 is 1.74 bits per heavy atom. The molecule has 0 saturated heterocycles. The van der Waals surface area contributed by atoms with Gasteiger partial charge in [-0.25, -0.2) is 4.79 Å². The van der Waals surface area contributed by atoms with E-state index in [0.717, 1.165) is 31.2 Å². The summed E-state index contributed by atoms with van der Waals surface area (Å²) < 4.78 is 16.1. The van der Waals surface area contributed by atoms with Gasteiger partial charge >= 0.3 is 6.03 Å². The molecule has 0 spiro atoms. The number of amides is 2. The van der Waals surface area contributed by atoms with Crippen LogP contribution in [-0.4, -0.2) is 56.6 Å². The topological polar surface area (TPSA) is 80.3 Å². The van der Waals surface area contributed by atoms with E-state index < -0.39 is 5.60 Å². The summed E-state index contributed by atoms with van der Waals surface area (Å²) in [4.78, 5) is 14.1. The molecule has 1 unspecified atom stereocenters. The van der Waals surface area contributed by atoms with Gasteiger partial charge < -0.3 is 29.5 Å². The summed E-state index contributed by atoms with van der Waals surface area (Å²) in [5.74, 6) is 1.61. The molecule has 1 aliphatic carbocycles. The van der Waals surface area contributed by atoms with Crippen LogP contribution >= 0.6 is 0 Å². The van der Waals surface area contributed by atoms with Gasteiger partial charge in [0.1, 0.15) is 0 Å². The van der Waals surface area contributed by atoms with Gasteiger partial charge in [-0.3, -0.25) is 0 Å². The molecule has 2 N–H and O–H groups in total. The molecule has 152 valence electrons. The number of aliphatic hydroxyl groups is 1. The number of carbonyl (C=O) groups is 1. The van der Waals surface area contributed by atoms with E-state index in [1.165, 1.54) is 0 Å². The molecule has 7 nitrogen and oxygen atoms in total. The number of urea groups is 1. The molecule has 1 aromatic rings. The van der Waals surface area contributed by atoms with Crippen LogP contribution < -0.4 is 19.5 Å². The fraction of sp³-hybridized carbons (Fsp3) is 0.650. The van der Waals surface area contributed by atoms with Crippen molar-refractivity contribution in [2.75, 3.05) is 34.9 Å². The lowest BCUT2D eigenvalue weighted by Crippen LogP contribution is -2.41. The Hall–Kier alpha value is -2.15. The second-order valence-electron chi connectivity index (χ2n) is 7.23. The van der Waals surface area contributed by atoms with E-state index in [9.17, 15) is 9.90 Å². The normalized spacial score (nSPS) is 16.5. The van der Waals surface area contributed by atoms with Crippen LogP contribution in [0.15, 0.2) is 12.1 Å². The number of methoxy groups -OCH3 is 3. The molecule has 0 aromatic heterocycles. The van der Waals surface area contributed by atoms with Crippen LogP contribution in [0.2, 0.25) is 0 Å². The van der Waals surface area contributed by atoms with Crippen LogP contribution in [0, 0.1) is 0 Å². The maximum atomic E-state index is 12.5. The number of rotatable bonds is 8. The summed E-state index contributed by atoms with van der Waals surface area (Å²) in [7, 11) is 6.42. The summed E-state index contributed by atoms with van der Waals surface area (Å²) in [6.45, 7) is 2.42. The molecular weight excluding hydrogens is 348 g/mol. The maximum Gasteiger partial charge on any atom is 0.317 e. The van der Waals surface area contributed by atoms with Crippen molar-refractivity contribution >= 4 is 6.03 Å². The highest BCUT2D eigenvalue weighted by atomic mass is 16.5. The number of nitrogens with zero attached hydrogens (tertiary/aromatic N) is 1. The molecule has 0 heterocycles. The van der Waals surface area contributed by atoms with E-state index in [0.29, 0.717) is 30.2 Å². The Kier molecular flexibility index (Phi) is 7.18. The Bertz CT molecular complexity index is 618. The Balaban J connectivity index is 2.00. The van der Waals surface area contributed by atoms with Crippen molar-refractivity contribution in [2.24, 2.45) is 0 Å². The third kappa shape index (κ3) is 5.19. The zero-order valence-corrected chi connectivity index (χ0v) is 17.0. The number of nitrogens with one attached hydrogen (secondary N) is 1. The summed E-state index contributed by atoms with van der Waals surface area (Å²) >= 11 is 0. The van der Waals surface area contributed by atoms with Gasteiger partial charge in [-0.2, -0.15) is 0 Å². The molecule has 1 aliphatic rings. The second-order valence-corrected chi connectivity index (χ2v) is 7.23. The largest absolute Gasteiger partial charge is 0.493 e. The first kappa shape index (κ1) is 21.2. The van der Waals surface area contributed by atoms with Gasteiger partial charge in [-0.05, 0) is 43.9 Å². The van der Waals surface area contributed by atoms with Gasteiger partial charge in [0.2, 0.25) is 5.75 Å². The van der Waals surface area contributed by atoms with Crippen LogP contribution in [0.4, 0.5) is 4.79 Å². The highest BCUT2D eigenvalue weighted by molar-refractivity contribution is 5.74. The molecule has 1 aromatic carbocycles. The average Bonchev–Trinajstić information content (AvgIpc) is 3.11. The Labute approximate surface area is 161 Å². The second kappa shape index (κ2) is 9.17. The highest BCUT2D eigenvalue weighted by Gasteiger charge is 2.31. The lowest BCUT2D eigenvalue weighted by Gasteiger charge is -2.27. The van der Waals surface area contributed by atoms with E-state index >= 15 is 0 Å². The third-order valence-electron chi connectivity index (χ3n) is 5.32. The predicted octanol–water partition coefficient (Wildman–Crippen LogP) is 3.11. The monoisotopic (exact) mass is 380 g/mol. The van der Waals surface area contributed by atoms with E-state index in [1.54, 1.807) is 33.3 Å². The molecule has 27 heavy (non-hydrogen) atoms. The highest BCUT2D eigenvalue weighted by Crippen LogP contribution is 2.39. The molecule has 1 fully saturated rings. The number of benzene rings is 1. The summed E-state index contributed by atoms with van der Waals surface area (Å²) in [6, 6.07) is 3.22. The number of ether oxygens (including phenoxy) is 3. The van der Waals surface area contributed by atoms with Crippen molar-refractivity contribution in [1.82, 2.24) is 10.2 Å². The van der Waals surface area contributed by atoms with E-state index in [2.05, 4.69) is 5.32 Å². The summed E-state index contributed by atoms with van der Waals surface area (Å²) in [5.41, 5.74) is 0.234. The number of hydrogen-bond donors (Lipinski definition) is 2. The van der Waals surface area contributed by atoms with Gasteiger partial charge in [-0.15, -0.1) is 0 Å². The van der Waals surface area contributed by atoms with Gasteiger partial charge in [0.25, 0.3) is 0 Å². The standard InChI is InChI=1S/C20H32N2O5/c1-14(15-12-16(25-3)18(27-5)17(13-15)26-4)21-19(23)22(2)11-10-20(24)8-6-7-9-20/h12-14,24H,6-11H2,1-5H3,(H,21,23). The quantitative estimate of drug-likeness (QED) is 0.724. The van der Waals surface area contributed by atoms with E-state index in [1.807, 2.05) is 19.1 Å². The molecule has 2 rings (SSSR count). The number of carbonyl (C=O) groups excluding carboxylic acids is 1. The zero-order valence-electron chi connectivity index (χ0n) is 17.0. The van der Waals surface area contributed by atoms with Crippen LogP contribution in [-0.2, 0) is 0 Å². The smallest absolute Gasteiger partial charge is 0.317 e. The maximum absolute atomic E-state index is 12.5. The average molecular weight is 380 g/mol. The van der Waals surface area contributed by atoms with Gasteiger partial charge in [0.15, 0.2) is 11.5 Å². The molecule has 1 saturated carbocycles. The molecule has 2 amide bonds. The third-order valence-corrected chi connectivity index (χ3v) is 5.32. The van der Waals surface area contributed by atoms with Crippen molar-refractivity contribution in [1.29, 1.82) is 0 Å². The van der Waals surface area contributed by atoms with E-state index in [4.69, 9.17) is 14.2 Å². The Morgan fingerprint density at radius 3 is 2.22 bits per heavy atom. The zero-order chi connectivity index (χ0) is 20.0. The van der Waals surface area contributed by atoms with Crippen molar-refractivity contribution in [2.45, 2.75) is 50.7 Å². The molecular formula is C20H32N2O5. The molecule has 0 bridgehead atoms. The van der Waals surface area contributed by atoms with Crippen LogP contribution in [0.3, 0.4) is 0 Å². The van der Waals surface area contributed by atoms with Gasteiger partial charge in [0, 0.05) is 13.6 Å². The molecule has 1 atom stereocenters. The Morgan fingerprint density at radius 1 is 1.19 bits per heavy atom. The van der Waals surface area contributed by atoms with Gasteiger partial charge in [-0.1, -0.05) is 12.8 Å². The first-order chi connectivity index (χ1) is 12.8. The fourth-order valence-electron chi connectivity index (χ4n) is 3.49. The summed E-state index contributed by atoms with van der Waals surface area (Å²) in [5, 5.41) is 13.4. The van der Waals surface area contributed by atoms with Crippen LogP contribution in [0.1, 0.15) is 50.6 Å². The minimum atomic E-state index is -0.614. The van der Waals surface area contributed by atoms with Crippen molar-refractivity contribution in [3.63, 3.8) is 0 Å². The van der Waals surface area contributed by atoms with Crippen LogP contribution in [0.5, 0.6) is 17.2 Å². The van der Waals surface area contributed by atoms with E-state index in [-0.39, 0.29) is 12.1 Å². The summed E-state index contributed by atoms with van der Waals surface area (Å²) in [6.07, 6.45) is 4.37.